The zero-order valence-electron chi connectivity index (χ0n) is 20.4. The van der Waals surface area contributed by atoms with Crippen molar-refractivity contribution in [3.05, 3.63) is 36.0 Å². The van der Waals surface area contributed by atoms with E-state index in [1.165, 1.54) is 0 Å². The summed E-state index contributed by atoms with van der Waals surface area (Å²) in [5.74, 6) is 2.42. The third-order valence-corrected chi connectivity index (χ3v) is 9.35. The van der Waals surface area contributed by atoms with Gasteiger partial charge in [0.15, 0.2) is 5.82 Å². The normalized spacial score (nSPS) is 26.7. The van der Waals surface area contributed by atoms with Crippen molar-refractivity contribution in [2.24, 2.45) is 5.41 Å². The molecule has 1 aromatic carbocycles. The Morgan fingerprint density at radius 1 is 1.09 bits per heavy atom. The van der Waals surface area contributed by atoms with E-state index in [-0.39, 0.29) is 10.8 Å². The highest BCUT2D eigenvalue weighted by atomic mass is 16.3. The van der Waals surface area contributed by atoms with E-state index in [0.29, 0.717) is 6.04 Å². The van der Waals surface area contributed by atoms with Crippen LogP contribution in [0.5, 0.6) is 0 Å². The van der Waals surface area contributed by atoms with E-state index in [1.807, 2.05) is 30.8 Å². The Labute approximate surface area is 205 Å². The summed E-state index contributed by atoms with van der Waals surface area (Å²) >= 11 is 0. The van der Waals surface area contributed by atoms with Gasteiger partial charge >= 0.3 is 0 Å². The van der Waals surface area contributed by atoms with Gasteiger partial charge in [-0.15, -0.1) is 0 Å². The summed E-state index contributed by atoms with van der Waals surface area (Å²) in [4.78, 5) is 14.5. The highest BCUT2D eigenvalue weighted by Gasteiger charge is 2.62. The van der Waals surface area contributed by atoms with Gasteiger partial charge in [-0.1, -0.05) is 12.1 Å². The third-order valence-electron chi connectivity index (χ3n) is 9.35. The Morgan fingerprint density at radius 3 is 2.46 bits per heavy atom. The number of rotatable bonds is 5. The molecule has 180 valence electrons. The molecule has 8 heteroatoms. The summed E-state index contributed by atoms with van der Waals surface area (Å²) < 4.78 is 1.91. The molecule has 3 aromatic rings. The van der Waals surface area contributed by atoms with Crippen molar-refractivity contribution in [1.82, 2.24) is 19.7 Å². The van der Waals surface area contributed by atoms with Crippen LogP contribution < -0.4 is 9.80 Å². The lowest BCUT2D eigenvalue weighted by atomic mass is 9.61. The van der Waals surface area contributed by atoms with Gasteiger partial charge in [0.25, 0.3) is 0 Å². The molecule has 0 spiro atoms. The zero-order valence-corrected chi connectivity index (χ0v) is 20.4. The van der Waals surface area contributed by atoms with E-state index >= 15 is 0 Å². The fourth-order valence-electron chi connectivity index (χ4n) is 6.43. The lowest BCUT2D eigenvalue weighted by Crippen LogP contribution is -2.50. The van der Waals surface area contributed by atoms with Crippen LogP contribution in [0.1, 0.15) is 57.9 Å². The van der Waals surface area contributed by atoms with Gasteiger partial charge in [-0.3, -0.25) is 0 Å². The molecule has 2 aromatic heterocycles. The largest absolute Gasteiger partial charge is 0.390 e. The van der Waals surface area contributed by atoms with E-state index in [2.05, 4.69) is 34.1 Å². The van der Waals surface area contributed by atoms with Gasteiger partial charge in [-0.05, 0) is 64.0 Å². The van der Waals surface area contributed by atoms with Crippen molar-refractivity contribution in [2.45, 2.75) is 69.4 Å². The zero-order chi connectivity index (χ0) is 24.0. The first-order valence-electron chi connectivity index (χ1n) is 12.8. The lowest BCUT2D eigenvalue weighted by Gasteiger charge is -2.45. The van der Waals surface area contributed by atoms with Crippen LogP contribution in [0.25, 0.3) is 16.7 Å². The number of aliphatic hydroxyl groups is 1. The molecule has 0 amide bonds. The van der Waals surface area contributed by atoms with Crippen molar-refractivity contribution in [3.63, 3.8) is 0 Å². The van der Waals surface area contributed by atoms with E-state index in [1.54, 1.807) is 0 Å². The van der Waals surface area contributed by atoms with E-state index in [4.69, 9.17) is 15.1 Å². The van der Waals surface area contributed by atoms with Crippen LogP contribution >= 0.6 is 0 Å². The molecule has 3 saturated heterocycles. The second-order valence-electron chi connectivity index (χ2n) is 11.6. The van der Waals surface area contributed by atoms with Crippen LogP contribution in [-0.2, 0) is 5.41 Å². The number of benzene rings is 1. The number of hydrogen-bond acceptors (Lipinski definition) is 7. The van der Waals surface area contributed by atoms with Gasteiger partial charge in [0, 0.05) is 42.5 Å². The molecule has 3 aliphatic heterocycles. The Balaban J connectivity index is 1.32. The van der Waals surface area contributed by atoms with Crippen molar-refractivity contribution < 1.29 is 5.11 Å². The SMILES string of the molecule is CC(C)(O)C12CC(C1)N(c1cc(-n3ncc4ccc(C5(C#N)CCC5)cc43)nc(N3CCC3)n1)C2. The highest BCUT2D eigenvalue weighted by Crippen LogP contribution is 2.58. The van der Waals surface area contributed by atoms with E-state index < -0.39 is 5.60 Å². The average molecular weight is 470 g/mol. The van der Waals surface area contributed by atoms with Crippen LogP contribution in [0.15, 0.2) is 30.5 Å². The standard InChI is InChI=1S/C27H31N7O/c1-25(2,35)27-13-20(14-27)33(17-27)22-12-23(31-24(30-22)32-9-4-10-32)34-21-11-19(6-5-18(21)15-29-34)26(16-28)7-3-8-26/h5-6,11-12,15,20,35H,3-4,7-10,13-14,17H2,1-2H3. The summed E-state index contributed by atoms with van der Waals surface area (Å²) in [6.45, 7) is 6.62. The molecular formula is C27H31N7O. The molecule has 0 radical (unpaired) electrons. The van der Waals surface area contributed by atoms with Crippen LogP contribution in [0.3, 0.4) is 0 Å². The number of anilines is 2. The minimum atomic E-state index is -0.707. The van der Waals surface area contributed by atoms with Crippen LogP contribution in [0.4, 0.5) is 11.8 Å². The Hall–Kier alpha value is -3.18. The number of hydrogen-bond donors (Lipinski definition) is 1. The molecule has 5 aliphatic rings. The van der Waals surface area contributed by atoms with Gasteiger partial charge in [-0.25, -0.2) is 4.68 Å². The molecule has 35 heavy (non-hydrogen) atoms. The minimum absolute atomic E-state index is 0.0681. The van der Waals surface area contributed by atoms with Gasteiger partial charge < -0.3 is 14.9 Å². The summed E-state index contributed by atoms with van der Waals surface area (Å²) in [7, 11) is 0. The van der Waals surface area contributed by atoms with Gasteiger partial charge in [-0.2, -0.15) is 20.3 Å². The second kappa shape index (κ2) is 6.94. The third kappa shape index (κ3) is 2.91. The molecule has 8 rings (SSSR count). The van der Waals surface area contributed by atoms with Crippen molar-refractivity contribution in [2.75, 3.05) is 29.4 Å². The van der Waals surface area contributed by atoms with Gasteiger partial charge in [0.2, 0.25) is 5.95 Å². The van der Waals surface area contributed by atoms with Crippen molar-refractivity contribution >= 4 is 22.7 Å². The monoisotopic (exact) mass is 469 g/mol. The maximum absolute atomic E-state index is 10.8. The Kier molecular flexibility index (Phi) is 4.19. The molecule has 5 fully saturated rings. The molecular weight excluding hydrogens is 438 g/mol. The van der Waals surface area contributed by atoms with Gasteiger partial charge in [0.1, 0.15) is 5.82 Å². The first-order chi connectivity index (χ1) is 16.8. The molecule has 2 saturated carbocycles. The molecule has 0 unspecified atom stereocenters. The summed E-state index contributed by atoms with van der Waals surface area (Å²) in [5.41, 5.74) is 0.903. The maximum atomic E-state index is 10.8. The number of nitrogens with zero attached hydrogens (tertiary/aromatic N) is 7. The first kappa shape index (κ1) is 21.1. The lowest BCUT2D eigenvalue weighted by molar-refractivity contribution is -0.0754. The van der Waals surface area contributed by atoms with E-state index in [9.17, 15) is 10.4 Å². The van der Waals surface area contributed by atoms with Crippen LogP contribution in [-0.4, -0.2) is 56.1 Å². The first-order valence-corrected chi connectivity index (χ1v) is 12.8. The highest BCUT2D eigenvalue weighted by molar-refractivity contribution is 5.81. The van der Waals surface area contributed by atoms with E-state index in [0.717, 1.165) is 92.2 Å². The van der Waals surface area contributed by atoms with Crippen LogP contribution in [0.2, 0.25) is 0 Å². The summed E-state index contributed by atoms with van der Waals surface area (Å²) in [6.07, 6.45) is 7.96. The maximum Gasteiger partial charge on any atom is 0.229 e. The molecule has 5 heterocycles. The summed E-state index contributed by atoms with van der Waals surface area (Å²) in [5, 5.41) is 26.5. The van der Waals surface area contributed by atoms with Crippen molar-refractivity contribution in [1.29, 1.82) is 5.26 Å². The fraction of sp³-hybridized carbons (Fsp3) is 0.556. The average Bonchev–Trinajstić information content (AvgIpc) is 3.43. The summed E-state index contributed by atoms with van der Waals surface area (Å²) in [6, 6.07) is 11.3. The predicted molar refractivity (Wildman–Crippen MR) is 134 cm³/mol. The topological polar surface area (TPSA) is 94.1 Å². The smallest absolute Gasteiger partial charge is 0.229 e. The molecule has 1 N–H and O–H groups in total. The fourth-order valence-corrected chi connectivity index (χ4v) is 6.43. The van der Waals surface area contributed by atoms with Gasteiger partial charge in [0.05, 0.1) is 28.8 Å². The quantitative estimate of drug-likeness (QED) is 0.609. The van der Waals surface area contributed by atoms with Crippen LogP contribution in [0, 0.1) is 16.7 Å². The second-order valence-corrected chi connectivity index (χ2v) is 11.6. The Bertz CT molecular complexity index is 1370. The molecule has 2 aliphatic carbocycles. The minimum Gasteiger partial charge on any atom is -0.390 e. The molecule has 0 atom stereocenters. The predicted octanol–water partition coefficient (Wildman–Crippen LogP) is 3.71. The number of aromatic nitrogens is 4. The molecule has 2 bridgehead atoms. The van der Waals surface area contributed by atoms with Crippen molar-refractivity contribution in [3.8, 4) is 11.9 Å². The number of nitriles is 1. The number of fused-ring (bicyclic) bond motifs is 2. The Morgan fingerprint density at radius 2 is 1.86 bits per heavy atom. The molecule has 8 nitrogen and oxygen atoms in total.